The second kappa shape index (κ2) is 9.99. The quantitative estimate of drug-likeness (QED) is 0.152. The van der Waals surface area contributed by atoms with Crippen LogP contribution in [-0.2, 0) is 7.05 Å². The van der Waals surface area contributed by atoms with Crippen LogP contribution in [0.15, 0.2) is 83.4 Å². The molecule has 0 aliphatic carbocycles. The summed E-state index contributed by atoms with van der Waals surface area (Å²) in [6.45, 7) is 17.0. The summed E-state index contributed by atoms with van der Waals surface area (Å²) in [6, 6.07) is 26.0. The minimum atomic E-state index is -1.71. The molecule has 0 atom stereocenters. The Kier molecular flexibility index (Phi) is 6.10. The third-order valence-corrected chi connectivity index (χ3v) is 10.5. The number of fused-ring (bicyclic) bond motifs is 5. The van der Waals surface area contributed by atoms with Gasteiger partial charge in [-0.15, -0.1) is 0 Å². The van der Waals surface area contributed by atoms with E-state index >= 15 is 0 Å². The molecule has 0 aliphatic heterocycles. The van der Waals surface area contributed by atoms with E-state index in [2.05, 4.69) is 117 Å². The molecular formula is C38H42NOSi+. The van der Waals surface area contributed by atoms with E-state index in [1.807, 2.05) is 27.7 Å². The summed E-state index contributed by atoms with van der Waals surface area (Å²) in [5, 5.41) is 5.79. The van der Waals surface area contributed by atoms with Crippen molar-refractivity contribution < 1.29 is 11.7 Å². The van der Waals surface area contributed by atoms with Gasteiger partial charge in [-0.2, -0.15) is 0 Å². The number of nitrogens with zero attached hydrogens (tertiary/aromatic N) is 1. The molecule has 0 saturated carbocycles. The van der Waals surface area contributed by atoms with Gasteiger partial charge < -0.3 is 4.42 Å². The fourth-order valence-electron chi connectivity index (χ4n) is 6.13. The Bertz CT molecular complexity index is 2020. The molecule has 41 heavy (non-hydrogen) atoms. The van der Waals surface area contributed by atoms with E-state index in [1.165, 1.54) is 5.19 Å². The zero-order chi connectivity index (χ0) is 31.1. The maximum atomic E-state index is 9.23. The Morgan fingerprint density at radius 3 is 2.02 bits per heavy atom. The van der Waals surface area contributed by atoms with Gasteiger partial charge in [-0.1, -0.05) is 107 Å². The Morgan fingerprint density at radius 2 is 1.37 bits per heavy atom. The average Bonchev–Trinajstić information content (AvgIpc) is 3.30. The number of pyridine rings is 1. The summed E-state index contributed by atoms with van der Waals surface area (Å²) in [6.07, 6.45) is 2.11. The fraction of sp³-hybridized carbons (Fsp3) is 0.289. The van der Waals surface area contributed by atoms with Crippen LogP contribution >= 0.6 is 0 Å². The van der Waals surface area contributed by atoms with Crippen molar-refractivity contribution in [2.75, 3.05) is 0 Å². The van der Waals surface area contributed by atoms with Gasteiger partial charge in [-0.25, -0.2) is 4.57 Å². The minimum absolute atomic E-state index is 0.834. The van der Waals surface area contributed by atoms with Gasteiger partial charge in [0.15, 0.2) is 6.20 Å². The van der Waals surface area contributed by atoms with Crippen LogP contribution in [0.1, 0.15) is 58.9 Å². The summed E-state index contributed by atoms with van der Waals surface area (Å²) in [5.74, 6) is -1.67. The number of aromatic nitrogens is 1. The molecule has 208 valence electrons. The predicted octanol–water partition coefficient (Wildman–Crippen LogP) is 10.00. The zero-order valence-corrected chi connectivity index (χ0v) is 26.9. The van der Waals surface area contributed by atoms with Crippen molar-refractivity contribution in [1.82, 2.24) is 0 Å². The maximum absolute atomic E-state index is 9.23. The Morgan fingerprint density at radius 1 is 0.732 bits per heavy atom. The molecule has 2 nitrogen and oxygen atoms in total. The normalized spacial score (nSPS) is 13.7. The molecule has 0 bridgehead atoms. The van der Waals surface area contributed by atoms with E-state index in [0.717, 1.165) is 71.8 Å². The summed E-state index contributed by atoms with van der Waals surface area (Å²) in [5.41, 5.74) is 9.04. The van der Waals surface area contributed by atoms with Crippen LogP contribution in [0.2, 0.25) is 19.6 Å². The highest BCUT2D eigenvalue weighted by Crippen LogP contribution is 2.41. The third-order valence-electron chi connectivity index (χ3n) is 8.52. The molecule has 0 aliphatic rings. The van der Waals surface area contributed by atoms with Crippen molar-refractivity contribution in [3.8, 4) is 22.4 Å². The summed E-state index contributed by atoms with van der Waals surface area (Å²) < 4.78 is 27.4. The van der Waals surface area contributed by atoms with Gasteiger partial charge in [0.25, 0.3) is 0 Å². The highest BCUT2D eigenvalue weighted by molar-refractivity contribution is 6.88. The molecule has 0 saturated heterocycles. The van der Waals surface area contributed by atoms with Crippen LogP contribution in [-0.4, -0.2) is 8.07 Å². The number of hydrogen-bond acceptors (Lipinski definition) is 1. The Balaban J connectivity index is 1.68. The number of benzene rings is 4. The van der Waals surface area contributed by atoms with Crippen molar-refractivity contribution in [2.45, 2.75) is 66.0 Å². The van der Waals surface area contributed by atoms with E-state index < -0.39 is 19.9 Å². The van der Waals surface area contributed by atoms with Crippen molar-refractivity contribution in [3.05, 3.63) is 95.7 Å². The van der Waals surface area contributed by atoms with E-state index in [1.54, 1.807) is 0 Å². The van der Waals surface area contributed by atoms with E-state index in [-0.39, 0.29) is 0 Å². The topological polar surface area (TPSA) is 17.0 Å². The van der Waals surface area contributed by atoms with Gasteiger partial charge in [0, 0.05) is 31.0 Å². The van der Waals surface area contributed by atoms with Crippen LogP contribution in [0.4, 0.5) is 0 Å². The molecule has 0 N–H and O–H groups in total. The molecule has 0 fully saturated rings. The summed E-state index contributed by atoms with van der Waals surface area (Å²) in [4.78, 5) is 0. The SMILES string of the molecule is [2H]C(C)(C)c1cc([Si](C)(C)C)cc(C([2H])(C)C)c1-c1cc[n+](C)c(-c2c(C)ccc3c2oc2c4ccccc4ccc32)c1. The van der Waals surface area contributed by atoms with E-state index in [0.29, 0.717) is 0 Å². The van der Waals surface area contributed by atoms with Crippen LogP contribution in [0.25, 0.3) is 55.1 Å². The molecule has 0 spiro atoms. The van der Waals surface area contributed by atoms with Crippen molar-refractivity contribution in [1.29, 1.82) is 0 Å². The number of aryl methyl sites for hydroxylation is 2. The molecular weight excluding hydrogens is 515 g/mol. The van der Waals surface area contributed by atoms with Gasteiger partial charge in [0.1, 0.15) is 18.2 Å². The first-order chi connectivity index (χ1) is 20.1. The molecule has 2 aromatic heterocycles. The standard InChI is InChI=1S/C38H42NOSi/c1-23(2)32-21-28(41(7,8)9)22-33(24(3)4)36(32)27-18-19-39(6)34(20-27)35-25(5)14-16-31-30-17-15-26-12-10-11-13-29(26)37(30)40-38(31)35/h10-24H,1-9H3/q+1/i23D,24D. The minimum Gasteiger partial charge on any atom is -0.454 e. The molecule has 3 heteroatoms. The molecule has 0 radical (unpaired) electrons. The van der Waals surface area contributed by atoms with E-state index in [9.17, 15) is 2.74 Å². The Hall–Kier alpha value is -3.69. The highest BCUT2D eigenvalue weighted by Gasteiger charge is 2.26. The number of rotatable bonds is 5. The van der Waals surface area contributed by atoms with Crippen molar-refractivity contribution in [3.63, 3.8) is 0 Å². The second-order valence-corrected chi connectivity index (χ2v) is 18.1. The van der Waals surface area contributed by atoms with Gasteiger partial charge >= 0.3 is 0 Å². The predicted molar refractivity (Wildman–Crippen MR) is 179 cm³/mol. The molecule has 6 rings (SSSR count). The molecule has 0 amide bonds. The largest absolute Gasteiger partial charge is 0.454 e. The van der Waals surface area contributed by atoms with Crippen molar-refractivity contribution >= 4 is 46.0 Å². The summed E-state index contributed by atoms with van der Waals surface area (Å²) >= 11 is 0. The van der Waals surface area contributed by atoms with Crippen LogP contribution in [0.5, 0.6) is 0 Å². The lowest BCUT2D eigenvalue weighted by atomic mass is 9.84. The molecule has 2 heterocycles. The van der Waals surface area contributed by atoms with E-state index in [4.69, 9.17) is 4.42 Å². The monoisotopic (exact) mass is 558 g/mol. The first kappa shape index (κ1) is 25.1. The number of hydrogen-bond donors (Lipinski definition) is 0. The van der Waals surface area contributed by atoms with Gasteiger partial charge in [0.2, 0.25) is 5.69 Å². The molecule has 6 aromatic rings. The zero-order valence-electron chi connectivity index (χ0n) is 27.9. The van der Waals surface area contributed by atoms with Gasteiger partial charge in [-0.3, -0.25) is 0 Å². The average molecular weight is 559 g/mol. The lowest BCUT2D eigenvalue weighted by Crippen LogP contribution is -2.38. The highest BCUT2D eigenvalue weighted by atomic mass is 28.3. The molecule has 0 unspecified atom stereocenters. The lowest BCUT2D eigenvalue weighted by molar-refractivity contribution is -0.660. The second-order valence-electron chi connectivity index (χ2n) is 13.0. The Labute approximate surface area is 248 Å². The fourth-order valence-corrected chi connectivity index (χ4v) is 7.29. The number of furan rings is 1. The van der Waals surface area contributed by atoms with Crippen LogP contribution < -0.4 is 9.75 Å². The van der Waals surface area contributed by atoms with Crippen LogP contribution in [0.3, 0.4) is 0 Å². The van der Waals surface area contributed by atoms with Crippen LogP contribution in [0, 0.1) is 6.92 Å². The summed E-state index contributed by atoms with van der Waals surface area (Å²) in [7, 11) is 0.370. The third kappa shape index (κ3) is 4.61. The molecule has 4 aromatic carbocycles. The smallest absolute Gasteiger partial charge is 0.216 e. The van der Waals surface area contributed by atoms with Gasteiger partial charge in [-0.05, 0) is 58.0 Å². The van der Waals surface area contributed by atoms with Crippen molar-refractivity contribution in [2.24, 2.45) is 7.05 Å². The van der Waals surface area contributed by atoms with Gasteiger partial charge in [0.05, 0.1) is 13.6 Å². The maximum Gasteiger partial charge on any atom is 0.216 e. The first-order valence-electron chi connectivity index (χ1n) is 15.6. The first-order valence-corrected chi connectivity index (χ1v) is 18.1. The lowest BCUT2D eigenvalue weighted by Gasteiger charge is -2.26.